The van der Waals surface area contributed by atoms with Gasteiger partial charge >= 0.3 is 11.9 Å². The summed E-state index contributed by atoms with van der Waals surface area (Å²) in [6, 6.07) is 8.05. The van der Waals surface area contributed by atoms with Crippen molar-refractivity contribution < 1.29 is 33.7 Å². The summed E-state index contributed by atoms with van der Waals surface area (Å²) in [7, 11) is 0. The van der Waals surface area contributed by atoms with E-state index in [9.17, 15) is 19.5 Å². The largest absolute Gasteiger partial charge is 0.478 e. The fourth-order valence-electron chi connectivity index (χ4n) is 2.30. The van der Waals surface area contributed by atoms with Crippen molar-refractivity contribution in [3.8, 4) is 0 Å². The molecule has 0 spiro atoms. The fourth-order valence-corrected chi connectivity index (χ4v) is 2.30. The lowest BCUT2D eigenvalue weighted by Gasteiger charge is -2.19. The Balaban J connectivity index is 2.19. The number of ether oxygens (including phenoxy) is 3. The molecule has 1 aromatic carbocycles. The number of esters is 1. The summed E-state index contributed by atoms with van der Waals surface area (Å²) >= 11 is 0. The van der Waals surface area contributed by atoms with Crippen molar-refractivity contribution in [2.45, 2.75) is 44.9 Å². The lowest BCUT2D eigenvalue weighted by atomic mass is 10.1. The third-order valence-electron chi connectivity index (χ3n) is 3.29. The molecule has 1 aromatic rings. The zero-order chi connectivity index (χ0) is 17.2. The van der Waals surface area contributed by atoms with Crippen LogP contribution in [0.1, 0.15) is 32.4 Å². The number of aliphatic carboxylic acids is 1. The number of benzene rings is 1. The molecule has 3 atom stereocenters. The van der Waals surface area contributed by atoms with Crippen LogP contribution in [-0.2, 0) is 28.6 Å². The first-order valence-corrected chi connectivity index (χ1v) is 7.05. The van der Waals surface area contributed by atoms with Crippen LogP contribution in [0.3, 0.4) is 0 Å². The van der Waals surface area contributed by atoms with Crippen LogP contribution in [0.25, 0.3) is 0 Å². The number of carbonyl (C=O) groups is 3. The molecule has 0 unspecified atom stereocenters. The van der Waals surface area contributed by atoms with Gasteiger partial charge in [0.15, 0.2) is 23.8 Å². The zero-order valence-corrected chi connectivity index (χ0v) is 13.0. The third kappa shape index (κ3) is 3.94. The number of carboxylic acid groups (broad SMARTS) is 1. The minimum absolute atomic E-state index is 0.311. The first kappa shape index (κ1) is 17.1. The highest BCUT2D eigenvalue weighted by Crippen LogP contribution is 2.30. The number of Topliss-reactive ketones (excluding diaryl/α,β-unsaturated/α-hetero) is 1. The molecule has 0 aliphatic carbocycles. The minimum atomic E-state index is -1.48. The molecule has 1 saturated heterocycles. The van der Waals surface area contributed by atoms with E-state index in [0.29, 0.717) is 5.56 Å². The second kappa shape index (κ2) is 6.47. The van der Waals surface area contributed by atoms with Crippen LogP contribution in [0.15, 0.2) is 30.3 Å². The molecular weight excluding hydrogens is 304 g/mol. The van der Waals surface area contributed by atoms with Gasteiger partial charge in [-0.1, -0.05) is 30.3 Å². The first-order chi connectivity index (χ1) is 10.7. The van der Waals surface area contributed by atoms with Gasteiger partial charge in [0.1, 0.15) is 0 Å². The SMILES string of the molecule is CC(=O)[C@@H]1OC(C)(C)O[C@H]1C(=O)O[C@H](C(=O)O)c1ccccc1. The summed E-state index contributed by atoms with van der Waals surface area (Å²) in [6.45, 7) is 4.38. The molecular formula is C16H18O7. The van der Waals surface area contributed by atoms with E-state index in [1.165, 1.54) is 19.1 Å². The molecule has 0 amide bonds. The van der Waals surface area contributed by atoms with Gasteiger partial charge in [0.25, 0.3) is 0 Å². The van der Waals surface area contributed by atoms with E-state index in [4.69, 9.17) is 14.2 Å². The maximum absolute atomic E-state index is 12.3. The van der Waals surface area contributed by atoms with E-state index in [1.54, 1.807) is 32.0 Å². The van der Waals surface area contributed by atoms with E-state index in [0.717, 1.165) is 0 Å². The van der Waals surface area contributed by atoms with Crippen molar-refractivity contribution >= 4 is 17.7 Å². The minimum Gasteiger partial charge on any atom is -0.478 e. The molecule has 0 saturated carbocycles. The molecule has 1 aliphatic rings. The van der Waals surface area contributed by atoms with Crippen LogP contribution in [0.4, 0.5) is 0 Å². The Hall–Kier alpha value is -2.25. The Labute approximate surface area is 133 Å². The number of ketones is 1. The van der Waals surface area contributed by atoms with E-state index in [-0.39, 0.29) is 0 Å². The quantitative estimate of drug-likeness (QED) is 0.819. The van der Waals surface area contributed by atoms with Crippen LogP contribution in [0, 0.1) is 0 Å². The van der Waals surface area contributed by atoms with E-state index < -0.39 is 41.8 Å². The molecule has 1 aliphatic heterocycles. The van der Waals surface area contributed by atoms with Crippen LogP contribution in [-0.4, -0.2) is 40.8 Å². The smallest absolute Gasteiger partial charge is 0.349 e. The van der Waals surface area contributed by atoms with Crippen molar-refractivity contribution in [2.75, 3.05) is 0 Å². The van der Waals surface area contributed by atoms with Gasteiger partial charge in [-0.25, -0.2) is 9.59 Å². The average Bonchev–Trinajstić information content (AvgIpc) is 2.81. The third-order valence-corrected chi connectivity index (χ3v) is 3.29. The molecule has 124 valence electrons. The van der Waals surface area contributed by atoms with E-state index >= 15 is 0 Å². The summed E-state index contributed by atoms with van der Waals surface area (Å²) in [6.07, 6.45) is -3.90. The Morgan fingerprint density at radius 3 is 2.22 bits per heavy atom. The van der Waals surface area contributed by atoms with E-state index in [1.807, 2.05) is 0 Å². The molecule has 0 aromatic heterocycles. The Morgan fingerprint density at radius 1 is 1.13 bits per heavy atom. The Morgan fingerprint density at radius 2 is 1.70 bits per heavy atom. The fraction of sp³-hybridized carbons (Fsp3) is 0.438. The van der Waals surface area contributed by atoms with Crippen molar-refractivity contribution in [1.29, 1.82) is 0 Å². The lowest BCUT2D eigenvalue weighted by molar-refractivity contribution is -0.180. The Bertz CT molecular complexity index is 608. The zero-order valence-electron chi connectivity index (χ0n) is 13.0. The standard InChI is InChI=1S/C16H18O7/c1-9(17)11-13(23-16(2,3)22-11)15(20)21-12(14(18)19)10-7-5-4-6-8-10/h4-8,11-13H,1-3H3,(H,18,19)/t11-,12-,13+/m0/s1. The first-order valence-electron chi connectivity index (χ1n) is 7.05. The van der Waals surface area contributed by atoms with E-state index in [2.05, 4.69) is 0 Å². The molecule has 0 bridgehead atoms. The molecule has 23 heavy (non-hydrogen) atoms. The van der Waals surface area contributed by atoms with Gasteiger partial charge in [-0.05, 0) is 20.8 Å². The summed E-state index contributed by atoms with van der Waals surface area (Å²) in [5, 5.41) is 9.28. The summed E-state index contributed by atoms with van der Waals surface area (Å²) in [5.41, 5.74) is 0.311. The number of rotatable bonds is 5. The maximum atomic E-state index is 12.3. The summed E-state index contributed by atoms with van der Waals surface area (Å²) < 4.78 is 15.8. The van der Waals surface area contributed by atoms with Crippen molar-refractivity contribution in [2.24, 2.45) is 0 Å². The second-order valence-electron chi connectivity index (χ2n) is 5.65. The van der Waals surface area contributed by atoms with Gasteiger partial charge in [-0.3, -0.25) is 4.79 Å². The van der Waals surface area contributed by atoms with Gasteiger partial charge in [0.2, 0.25) is 6.10 Å². The highest BCUT2D eigenvalue weighted by atomic mass is 16.8. The molecule has 1 fully saturated rings. The van der Waals surface area contributed by atoms with Gasteiger partial charge < -0.3 is 19.3 Å². The highest BCUT2D eigenvalue weighted by Gasteiger charge is 2.49. The second-order valence-corrected chi connectivity index (χ2v) is 5.65. The van der Waals surface area contributed by atoms with Gasteiger partial charge in [0.05, 0.1) is 0 Å². The molecule has 1 N–H and O–H groups in total. The molecule has 7 heteroatoms. The summed E-state index contributed by atoms with van der Waals surface area (Å²) in [5.74, 6) is -3.80. The predicted molar refractivity (Wildman–Crippen MR) is 77.4 cm³/mol. The normalized spacial score (nSPS) is 24.0. The van der Waals surface area contributed by atoms with Crippen LogP contribution in [0.5, 0.6) is 0 Å². The van der Waals surface area contributed by atoms with Crippen molar-refractivity contribution in [3.63, 3.8) is 0 Å². The predicted octanol–water partition coefficient (Wildman–Crippen LogP) is 1.46. The van der Waals surface area contributed by atoms with Crippen molar-refractivity contribution in [1.82, 2.24) is 0 Å². The number of hydrogen-bond donors (Lipinski definition) is 1. The lowest BCUT2D eigenvalue weighted by Crippen LogP contribution is -2.38. The van der Waals surface area contributed by atoms with Crippen LogP contribution in [0.2, 0.25) is 0 Å². The van der Waals surface area contributed by atoms with Gasteiger partial charge in [-0.2, -0.15) is 0 Å². The molecule has 2 rings (SSSR count). The van der Waals surface area contributed by atoms with Crippen LogP contribution < -0.4 is 0 Å². The monoisotopic (exact) mass is 322 g/mol. The highest BCUT2D eigenvalue weighted by molar-refractivity contribution is 5.90. The maximum Gasteiger partial charge on any atom is 0.349 e. The number of hydrogen-bond acceptors (Lipinski definition) is 6. The van der Waals surface area contributed by atoms with Crippen LogP contribution >= 0.6 is 0 Å². The molecule has 7 nitrogen and oxygen atoms in total. The molecule has 0 radical (unpaired) electrons. The summed E-state index contributed by atoms with van der Waals surface area (Å²) in [4.78, 5) is 35.3. The average molecular weight is 322 g/mol. The Kier molecular flexibility index (Phi) is 4.82. The number of carboxylic acids is 1. The van der Waals surface area contributed by atoms with Gasteiger partial charge in [-0.15, -0.1) is 0 Å². The van der Waals surface area contributed by atoms with Gasteiger partial charge in [0, 0.05) is 5.56 Å². The molecule has 1 heterocycles. The van der Waals surface area contributed by atoms with Crippen molar-refractivity contribution in [3.05, 3.63) is 35.9 Å². The topological polar surface area (TPSA) is 99.1 Å². The number of carbonyl (C=O) groups excluding carboxylic acids is 2.